The average Bonchev–Trinajstić information content (AvgIpc) is 2.56. The first-order valence-corrected chi connectivity index (χ1v) is 8.93. The molecule has 0 N–H and O–H groups in total. The van der Waals surface area contributed by atoms with Crippen LogP contribution in [0.2, 0.25) is 0 Å². The van der Waals surface area contributed by atoms with E-state index in [1.54, 1.807) is 24.5 Å². The van der Waals surface area contributed by atoms with Crippen molar-refractivity contribution in [3.63, 3.8) is 0 Å². The lowest BCUT2D eigenvalue weighted by molar-refractivity contribution is 0.134. The Balaban J connectivity index is 1.70. The summed E-state index contributed by atoms with van der Waals surface area (Å²) in [5, 5.41) is 0. The Hall–Kier alpha value is -2.06. The van der Waals surface area contributed by atoms with Crippen molar-refractivity contribution in [2.24, 2.45) is 0 Å². The standard InChI is InChI=1S/C16H16F2N2O3S/c17-14-4-1-5-15(18)16(14)24(21,22)20-9-6-12(7-10-20)23-13-3-2-8-19-11-13/h1-5,8,11-12H,6-7,9-10H2. The van der Waals surface area contributed by atoms with Gasteiger partial charge in [0.15, 0.2) is 4.90 Å². The number of aromatic nitrogens is 1. The van der Waals surface area contributed by atoms with E-state index in [1.165, 1.54) is 0 Å². The van der Waals surface area contributed by atoms with Crippen LogP contribution in [0.1, 0.15) is 12.8 Å². The maximum absolute atomic E-state index is 13.8. The Morgan fingerprint density at radius 3 is 2.33 bits per heavy atom. The molecular formula is C16H16F2N2O3S. The molecule has 3 rings (SSSR count). The van der Waals surface area contributed by atoms with E-state index in [9.17, 15) is 17.2 Å². The Morgan fingerprint density at radius 1 is 1.08 bits per heavy atom. The summed E-state index contributed by atoms with van der Waals surface area (Å²) in [5.41, 5.74) is 0. The molecule has 0 aliphatic carbocycles. The van der Waals surface area contributed by atoms with Gasteiger partial charge in [0.25, 0.3) is 0 Å². The van der Waals surface area contributed by atoms with E-state index in [0.717, 1.165) is 22.5 Å². The summed E-state index contributed by atoms with van der Waals surface area (Å²) in [4.78, 5) is 3.06. The number of piperidine rings is 1. The second kappa shape index (κ2) is 6.82. The van der Waals surface area contributed by atoms with Gasteiger partial charge in [0.2, 0.25) is 10.0 Å². The quantitative estimate of drug-likeness (QED) is 0.847. The average molecular weight is 354 g/mol. The fraction of sp³-hybridized carbons (Fsp3) is 0.312. The largest absolute Gasteiger partial charge is 0.489 e. The smallest absolute Gasteiger partial charge is 0.248 e. The number of hydrogen-bond acceptors (Lipinski definition) is 4. The molecule has 1 fully saturated rings. The third-order valence-corrected chi connectivity index (χ3v) is 5.81. The summed E-state index contributed by atoms with van der Waals surface area (Å²) in [6, 6.07) is 6.53. The third kappa shape index (κ3) is 3.39. The van der Waals surface area contributed by atoms with Crippen LogP contribution in [0.4, 0.5) is 8.78 Å². The SMILES string of the molecule is O=S(=O)(c1c(F)cccc1F)N1CCC(Oc2cccnc2)CC1. The van der Waals surface area contributed by atoms with Gasteiger partial charge in [-0.15, -0.1) is 0 Å². The van der Waals surface area contributed by atoms with Crippen molar-refractivity contribution in [1.82, 2.24) is 9.29 Å². The highest BCUT2D eigenvalue weighted by molar-refractivity contribution is 7.89. The molecule has 0 radical (unpaired) electrons. The van der Waals surface area contributed by atoms with Gasteiger partial charge in [-0.2, -0.15) is 4.31 Å². The van der Waals surface area contributed by atoms with Crippen molar-refractivity contribution in [3.05, 3.63) is 54.4 Å². The number of rotatable bonds is 4. The number of halogens is 2. The Labute approximate surface area is 138 Å². The molecule has 128 valence electrons. The number of benzene rings is 1. The molecule has 2 aromatic rings. The van der Waals surface area contributed by atoms with E-state index in [2.05, 4.69) is 4.98 Å². The van der Waals surface area contributed by atoms with Gasteiger partial charge < -0.3 is 4.74 Å². The van der Waals surface area contributed by atoms with Crippen LogP contribution in [0.25, 0.3) is 0 Å². The minimum atomic E-state index is -4.20. The third-order valence-electron chi connectivity index (χ3n) is 3.85. The van der Waals surface area contributed by atoms with E-state index in [-0.39, 0.29) is 19.2 Å². The number of sulfonamides is 1. The predicted molar refractivity (Wildman–Crippen MR) is 83.0 cm³/mol. The van der Waals surface area contributed by atoms with Gasteiger partial charge in [-0.25, -0.2) is 17.2 Å². The summed E-state index contributed by atoms with van der Waals surface area (Å²) >= 11 is 0. The van der Waals surface area contributed by atoms with Gasteiger partial charge >= 0.3 is 0 Å². The zero-order valence-corrected chi connectivity index (χ0v) is 13.5. The lowest BCUT2D eigenvalue weighted by Gasteiger charge is -2.31. The lowest BCUT2D eigenvalue weighted by atomic mass is 10.1. The maximum atomic E-state index is 13.8. The van der Waals surface area contributed by atoms with Gasteiger partial charge in [0.1, 0.15) is 23.5 Å². The van der Waals surface area contributed by atoms with E-state index in [4.69, 9.17) is 4.74 Å². The minimum Gasteiger partial charge on any atom is -0.489 e. The van der Waals surface area contributed by atoms with E-state index >= 15 is 0 Å². The number of pyridine rings is 1. The molecule has 1 aliphatic heterocycles. The first kappa shape index (κ1) is 16.8. The minimum absolute atomic E-state index is 0.140. The van der Waals surface area contributed by atoms with Crippen molar-refractivity contribution < 1.29 is 21.9 Å². The zero-order chi connectivity index (χ0) is 17.2. The fourth-order valence-electron chi connectivity index (χ4n) is 2.66. The molecule has 0 unspecified atom stereocenters. The monoisotopic (exact) mass is 354 g/mol. The fourth-order valence-corrected chi connectivity index (χ4v) is 4.24. The molecular weight excluding hydrogens is 338 g/mol. The van der Waals surface area contributed by atoms with Gasteiger partial charge in [-0.1, -0.05) is 6.07 Å². The first-order valence-electron chi connectivity index (χ1n) is 7.49. The van der Waals surface area contributed by atoms with E-state index in [0.29, 0.717) is 18.6 Å². The molecule has 0 bridgehead atoms. The lowest BCUT2D eigenvalue weighted by Crippen LogP contribution is -2.42. The molecule has 0 atom stereocenters. The van der Waals surface area contributed by atoms with Crippen LogP contribution in [0.3, 0.4) is 0 Å². The summed E-state index contributed by atoms with van der Waals surface area (Å²) in [7, 11) is -4.20. The van der Waals surface area contributed by atoms with Crippen molar-refractivity contribution in [1.29, 1.82) is 0 Å². The second-order valence-electron chi connectivity index (χ2n) is 5.46. The normalized spacial score (nSPS) is 16.9. The zero-order valence-electron chi connectivity index (χ0n) is 12.7. The summed E-state index contributed by atoms with van der Waals surface area (Å²) in [5.74, 6) is -1.55. The first-order chi connectivity index (χ1) is 11.5. The molecule has 5 nitrogen and oxygen atoms in total. The number of ether oxygens (including phenoxy) is 1. The van der Waals surface area contributed by atoms with Gasteiger partial charge in [0, 0.05) is 19.3 Å². The Morgan fingerprint density at radius 2 is 1.75 bits per heavy atom. The van der Waals surface area contributed by atoms with Crippen molar-refractivity contribution in [2.75, 3.05) is 13.1 Å². The topological polar surface area (TPSA) is 59.5 Å². The molecule has 1 aromatic carbocycles. The van der Waals surface area contributed by atoms with Crippen molar-refractivity contribution in [2.45, 2.75) is 23.8 Å². The predicted octanol–water partition coefficient (Wildman–Crippen LogP) is 2.59. The summed E-state index contributed by atoms with van der Waals surface area (Å²) < 4.78 is 59.4. The maximum Gasteiger partial charge on any atom is 0.248 e. The van der Waals surface area contributed by atoms with Gasteiger partial charge in [0.05, 0.1) is 6.20 Å². The molecule has 0 saturated carbocycles. The van der Waals surface area contributed by atoms with Gasteiger partial charge in [-0.05, 0) is 37.1 Å². The van der Waals surface area contributed by atoms with Crippen LogP contribution in [0.15, 0.2) is 47.6 Å². The number of hydrogen-bond donors (Lipinski definition) is 0. The molecule has 8 heteroatoms. The van der Waals surface area contributed by atoms with E-state index < -0.39 is 26.6 Å². The van der Waals surface area contributed by atoms with Crippen LogP contribution < -0.4 is 4.74 Å². The van der Waals surface area contributed by atoms with Gasteiger partial charge in [-0.3, -0.25) is 4.98 Å². The highest BCUT2D eigenvalue weighted by Gasteiger charge is 2.34. The molecule has 1 saturated heterocycles. The van der Waals surface area contributed by atoms with Crippen LogP contribution in [0.5, 0.6) is 5.75 Å². The molecule has 1 aromatic heterocycles. The number of nitrogens with zero attached hydrogens (tertiary/aromatic N) is 2. The molecule has 24 heavy (non-hydrogen) atoms. The Kier molecular flexibility index (Phi) is 4.77. The highest BCUT2D eigenvalue weighted by atomic mass is 32.2. The summed E-state index contributed by atoms with van der Waals surface area (Å²) in [6.07, 6.45) is 3.92. The van der Waals surface area contributed by atoms with Crippen LogP contribution in [-0.2, 0) is 10.0 Å². The molecule has 0 spiro atoms. The van der Waals surface area contributed by atoms with Crippen LogP contribution in [-0.4, -0.2) is 36.9 Å². The van der Waals surface area contributed by atoms with Crippen LogP contribution >= 0.6 is 0 Å². The van der Waals surface area contributed by atoms with Crippen LogP contribution in [0, 0.1) is 11.6 Å². The van der Waals surface area contributed by atoms with E-state index in [1.807, 2.05) is 0 Å². The van der Waals surface area contributed by atoms with Crippen molar-refractivity contribution in [3.8, 4) is 5.75 Å². The highest BCUT2D eigenvalue weighted by Crippen LogP contribution is 2.26. The molecule has 2 heterocycles. The summed E-state index contributed by atoms with van der Waals surface area (Å²) in [6.45, 7) is 0.280. The molecule has 0 amide bonds. The van der Waals surface area contributed by atoms with Crippen molar-refractivity contribution >= 4 is 10.0 Å². The molecule has 1 aliphatic rings. The second-order valence-corrected chi connectivity index (χ2v) is 7.34. The Bertz CT molecular complexity index is 787.